The van der Waals surface area contributed by atoms with Crippen LogP contribution >= 0.6 is 24.0 Å². The van der Waals surface area contributed by atoms with Crippen LogP contribution in [0.2, 0.25) is 5.02 Å². The van der Waals surface area contributed by atoms with E-state index < -0.39 is 0 Å². The van der Waals surface area contributed by atoms with E-state index in [1.54, 1.807) is 12.1 Å². The zero-order valence-corrected chi connectivity index (χ0v) is 12.2. The third-order valence-corrected chi connectivity index (χ3v) is 3.48. The molecule has 0 aliphatic carbocycles. The molecule has 1 aromatic rings. The van der Waals surface area contributed by atoms with Crippen molar-refractivity contribution in [3.63, 3.8) is 0 Å². The Kier molecular flexibility index (Phi) is 6.58. The lowest BCUT2D eigenvalue weighted by Crippen LogP contribution is -2.43. The van der Waals surface area contributed by atoms with Crippen LogP contribution in [0.3, 0.4) is 0 Å². The topological polar surface area (TPSA) is 58.4 Å². The summed E-state index contributed by atoms with van der Waals surface area (Å²) in [5.74, 6) is -0.0291. The number of rotatable bonds is 3. The van der Waals surface area contributed by atoms with Crippen molar-refractivity contribution in [2.75, 3.05) is 25.0 Å². The Morgan fingerprint density at radius 3 is 2.63 bits per heavy atom. The summed E-state index contributed by atoms with van der Waals surface area (Å²) in [6, 6.07) is 7.53. The first-order chi connectivity index (χ1) is 8.65. The van der Waals surface area contributed by atoms with E-state index in [1.807, 2.05) is 12.1 Å². The number of amides is 1. The highest BCUT2D eigenvalue weighted by Gasteiger charge is 2.18. The molecule has 106 valence electrons. The summed E-state index contributed by atoms with van der Waals surface area (Å²) >= 11 is 5.99. The molecule has 0 radical (unpaired) electrons. The van der Waals surface area contributed by atoms with Crippen molar-refractivity contribution in [2.45, 2.75) is 18.9 Å². The molecule has 0 spiro atoms. The molecule has 0 bridgehead atoms. The first-order valence-corrected chi connectivity index (χ1v) is 6.55. The number of carbonyl (C=O) groups is 1. The molecule has 1 heterocycles. The van der Waals surface area contributed by atoms with Gasteiger partial charge < -0.3 is 11.1 Å². The number of anilines is 1. The quantitative estimate of drug-likeness (QED) is 0.899. The second kappa shape index (κ2) is 7.70. The van der Waals surface area contributed by atoms with Crippen LogP contribution in [-0.4, -0.2) is 36.5 Å². The monoisotopic (exact) mass is 303 g/mol. The molecule has 3 N–H and O–H groups in total. The van der Waals surface area contributed by atoms with Gasteiger partial charge in [0.2, 0.25) is 5.91 Å². The molecule has 2 rings (SSSR count). The molecular formula is C13H19Cl2N3O. The van der Waals surface area contributed by atoms with Gasteiger partial charge in [-0.3, -0.25) is 9.69 Å². The van der Waals surface area contributed by atoms with E-state index in [2.05, 4.69) is 10.2 Å². The molecule has 0 unspecified atom stereocenters. The second-order valence-corrected chi connectivity index (χ2v) is 5.05. The molecule has 1 aromatic carbocycles. The molecule has 0 saturated carbocycles. The number of carbonyl (C=O) groups excluding carboxylic acids is 1. The van der Waals surface area contributed by atoms with Gasteiger partial charge in [0.15, 0.2) is 0 Å². The molecule has 0 atom stereocenters. The molecule has 1 amide bonds. The fourth-order valence-electron chi connectivity index (χ4n) is 2.07. The molecule has 1 fully saturated rings. The Labute approximate surface area is 124 Å². The highest BCUT2D eigenvalue weighted by molar-refractivity contribution is 6.33. The predicted octanol–water partition coefficient (Wildman–Crippen LogP) is 2.12. The lowest BCUT2D eigenvalue weighted by Gasteiger charge is -2.29. The Hall–Kier alpha value is -0.810. The van der Waals surface area contributed by atoms with Crippen molar-refractivity contribution in [2.24, 2.45) is 5.73 Å². The first kappa shape index (κ1) is 16.2. The molecule has 1 aliphatic rings. The number of nitrogens with one attached hydrogen (secondary N) is 1. The second-order valence-electron chi connectivity index (χ2n) is 4.64. The zero-order chi connectivity index (χ0) is 13.0. The van der Waals surface area contributed by atoms with Gasteiger partial charge in [0.1, 0.15) is 0 Å². The number of benzene rings is 1. The van der Waals surface area contributed by atoms with Gasteiger partial charge in [-0.15, -0.1) is 12.4 Å². The molecule has 1 saturated heterocycles. The van der Waals surface area contributed by atoms with E-state index in [0.717, 1.165) is 25.9 Å². The molecule has 4 nitrogen and oxygen atoms in total. The fraction of sp³-hybridized carbons (Fsp3) is 0.462. The van der Waals surface area contributed by atoms with Crippen molar-refractivity contribution in [3.8, 4) is 0 Å². The lowest BCUT2D eigenvalue weighted by molar-refractivity contribution is -0.117. The molecule has 19 heavy (non-hydrogen) atoms. The summed E-state index contributed by atoms with van der Waals surface area (Å²) in [5.41, 5.74) is 6.49. The van der Waals surface area contributed by atoms with Crippen LogP contribution in [0.1, 0.15) is 12.8 Å². The molecule has 0 aromatic heterocycles. The lowest BCUT2D eigenvalue weighted by atomic mass is 10.1. The third-order valence-electron chi connectivity index (χ3n) is 3.15. The van der Waals surface area contributed by atoms with Crippen molar-refractivity contribution >= 4 is 35.6 Å². The van der Waals surface area contributed by atoms with Gasteiger partial charge >= 0.3 is 0 Å². The normalized spacial score (nSPS) is 16.7. The van der Waals surface area contributed by atoms with Crippen LogP contribution in [0.25, 0.3) is 0 Å². The minimum absolute atomic E-state index is 0. The van der Waals surface area contributed by atoms with E-state index in [0.29, 0.717) is 17.3 Å². The van der Waals surface area contributed by atoms with E-state index in [1.165, 1.54) is 0 Å². The number of halogens is 2. The van der Waals surface area contributed by atoms with Gasteiger partial charge in [0.25, 0.3) is 0 Å². The van der Waals surface area contributed by atoms with Gasteiger partial charge in [0.05, 0.1) is 17.3 Å². The Morgan fingerprint density at radius 2 is 2.00 bits per heavy atom. The summed E-state index contributed by atoms with van der Waals surface area (Å²) in [6.07, 6.45) is 1.92. The van der Waals surface area contributed by atoms with Crippen LogP contribution in [-0.2, 0) is 4.79 Å². The average molecular weight is 304 g/mol. The minimum atomic E-state index is -0.0291. The Bertz CT molecular complexity index is 420. The van der Waals surface area contributed by atoms with Crippen LogP contribution in [0.5, 0.6) is 0 Å². The van der Waals surface area contributed by atoms with Crippen molar-refractivity contribution in [1.82, 2.24) is 4.90 Å². The maximum absolute atomic E-state index is 11.9. The van der Waals surface area contributed by atoms with E-state index in [4.69, 9.17) is 17.3 Å². The minimum Gasteiger partial charge on any atom is -0.328 e. The van der Waals surface area contributed by atoms with Crippen LogP contribution < -0.4 is 11.1 Å². The summed E-state index contributed by atoms with van der Waals surface area (Å²) in [5, 5.41) is 3.39. The smallest absolute Gasteiger partial charge is 0.238 e. The highest BCUT2D eigenvalue weighted by atomic mass is 35.5. The van der Waals surface area contributed by atoms with Crippen LogP contribution in [0.4, 0.5) is 5.69 Å². The maximum atomic E-state index is 11.9. The molecule has 6 heteroatoms. The molecular weight excluding hydrogens is 285 g/mol. The largest absolute Gasteiger partial charge is 0.328 e. The van der Waals surface area contributed by atoms with E-state index >= 15 is 0 Å². The zero-order valence-electron chi connectivity index (χ0n) is 10.6. The number of para-hydroxylation sites is 1. The Balaban J connectivity index is 0.00000180. The number of hydrogen-bond donors (Lipinski definition) is 2. The number of nitrogens with two attached hydrogens (primary N) is 1. The average Bonchev–Trinajstić information content (AvgIpc) is 2.35. The summed E-state index contributed by atoms with van der Waals surface area (Å²) in [7, 11) is 0. The van der Waals surface area contributed by atoms with Gasteiger partial charge in [-0.1, -0.05) is 23.7 Å². The summed E-state index contributed by atoms with van der Waals surface area (Å²) in [4.78, 5) is 14.0. The van der Waals surface area contributed by atoms with E-state index in [9.17, 15) is 4.79 Å². The SMILES string of the molecule is Cl.NC1CCN(CC(=O)Nc2ccccc2Cl)CC1. The summed E-state index contributed by atoms with van der Waals surface area (Å²) < 4.78 is 0. The molecule has 1 aliphatic heterocycles. The maximum Gasteiger partial charge on any atom is 0.238 e. The Morgan fingerprint density at radius 1 is 1.37 bits per heavy atom. The predicted molar refractivity (Wildman–Crippen MR) is 81.0 cm³/mol. The van der Waals surface area contributed by atoms with E-state index in [-0.39, 0.29) is 24.4 Å². The number of hydrogen-bond acceptors (Lipinski definition) is 3. The van der Waals surface area contributed by atoms with Crippen LogP contribution in [0.15, 0.2) is 24.3 Å². The van der Waals surface area contributed by atoms with Gasteiger partial charge in [0, 0.05) is 19.1 Å². The number of likely N-dealkylation sites (tertiary alicyclic amines) is 1. The summed E-state index contributed by atoms with van der Waals surface area (Å²) in [6.45, 7) is 2.17. The number of nitrogens with zero attached hydrogens (tertiary/aromatic N) is 1. The van der Waals surface area contributed by atoms with Crippen molar-refractivity contribution < 1.29 is 4.79 Å². The van der Waals surface area contributed by atoms with Crippen molar-refractivity contribution in [3.05, 3.63) is 29.3 Å². The van der Waals surface area contributed by atoms with Crippen molar-refractivity contribution in [1.29, 1.82) is 0 Å². The van der Waals surface area contributed by atoms with Gasteiger partial charge in [-0.2, -0.15) is 0 Å². The number of piperidine rings is 1. The third kappa shape index (κ3) is 4.99. The van der Waals surface area contributed by atoms with Gasteiger partial charge in [-0.05, 0) is 25.0 Å². The standard InChI is InChI=1S/C13H18ClN3O.ClH/c14-11-3-1-2-4-12(11)16-13(18)9-17-7-5-10(15)6-8-17;/h1-4,10H,5-9,15H2,(H,16,18);1H. The fourth-order valence-corrected chi connectivity index (χ4v) is 2.25. The first-order valence-electron chi connectivity index (χ1n) is 6.17. The van der Waals surface area contributed by atoms with Gasteiger partial charge in [-0.25, -0.2) is 0 Å². The van der Waals surface area contributed by atoms with Crippen LogP contribution in [0, 0.1) is 0 Å². The highest BCUT2D eigenvalue weighted by Crippen LogP contribution is 2.20.